The van der Waals surface area contributed by atoms with Gasteiger partial charge in [-0.25, -0.2) is 18.5 Å². The van der Waals surface area contributed by atoms with Crippen LogP contribution in [0.5, 0.6) is 0 Å². The van der Waals surface area contributed by atoms with Crippen LogP contribution in [0.2, 0.25) is 0 Å². The molecule has 0 saturated heterocycles. The van der Waals surface area contributed by atoms with Gasteiger partial charge in [0, 0.05) is 11.9 Å². The Kier molecular flexibility index (Phi) is 4.90. The summed E-state index contributed by atoms with van der Waals surface area (Å²) in [6.45, 7) is 1.73. The van der Waals surface area contributed by atoms with Crippen molar-refractivity contribution in [3.63, 3.8) is 0 Å². The standard InChI is InChI=1S/C17H15F3N4O3S/c1-2-13-15(24-9-10(17(18,19)20)3-8-14(24)23-13)16(25)22-11-4-6-12(7-5-11)28(21,26)27/h3-9H,2H2,1H3,(H,22,25)(H2,21,26,27). The number of primary sulfonamides is 1. The van der Waals surface area contributed by atoms with Gasteiger partial charge in [-0.15, -0.1) is 0 Å². The normalized spacial score (nSPS) is 12.3. The Morgan fingerprint density at radius 1 is 1.18 bits per heavy atom. The minimum Gasteiger partial charge on any atom is -0.321 e. The third kappa shape index (κ3) is 3.85. The van der Waals surface area contributed by atoms with Crippen LogP contribution in [-0.2, 0) is 22.6 Å². The van der Waals surface area contributed by atoms with Crippen LogP contribution >= 0.6 is 0 Å². The first-order chi connectivity index (χ1) is 13.0. The van der Waals surface area contributed by atoms with Gasteiger partial charge in [0.05, 0.1) is 16.2 Å². The van der Waals surface area contributed by atoms with E-state index in [4.69, 9.17) is 5.14 Å². The van der Waals surface area contributed by atoms with Gasteiger partial charge in [0.1, 0.15) is 11.3 Å². The number of aryl methyl sites for hydroxylation is 1. The number of alkyl halides is 3. The maximum atomic E-state index is 13.0. The molecule has 0 bridgehead atoms. The van der Waals surface area contributed by atoms with E-state index in [0.29, 0.717) is 12.1 Å². The summed E-state index contributed by atoms with van der Waals surface area (Å²) in [6.07, 6.45) is -3.42. The lowest BCUT2D eigenvalue weighted by atomic mass is 10.2. The van der Waals surface area contributed by atoms with Crippen molar-refractivity contribution in [3.05, 3.63) is 59.5 Å². The molecule has 11 heteroatoms. The number of benzene rings is 1. The van der Waals surface area contributed by atoms with Crippen LogP contribution in [0.15, 0.2) is 47.5 Å². The van der Waals surface area contributed by atoms with Crippen molar-refractivity contribution >= 4 is 27.3 Å². The number of nitrogens with two attached hydrogens (primary N) is 1. The number of anilines is 1. The Morgan fingerprint density at radius 3 is 2.36 bits per heavy atom. The fourth-order valence-electron chi connectivity index (χ4n) is 2.67. The molecule has 3 rings (SSSR count). The quantitative estimate of drug-likeness (QED) is 0.687. The predicted octanol–water partition coefficient (Wildman–Crippen LogP) is 2.82. The minimum absolute atomic E-state index is 0.0286. The second-order valence-electron chi connectivity index (χ2n) is 5.93. The van der Waals surface area contributed by atoms with E-state index in [-0.39, 0.29) is 21.9 Å². The van der Waals surface area contributed by atoms with Crippen LogP contribution in [0, 0.1) is 0 Å². The van der Waals surface area contributed by atoms with Crippen molar-refractivity contribution in [2.24, 2.45) is 5.14 Å². The zero-order valence-corrected chi connectivity index (χ0v) is 15.3. The van der Waals surface area contributed by atoms with E-state index in [1.807, 2.05) is 0 Å². The van der Waals surface area contributed by atoms with Crippen LogP contribution in [0.4, 0.5) is 18.9 Å². The molecule has 0 fully saturated rings. The van der Waals surface area contributed by atoms with Gasteiger partial charge < -0.3 is 5.32 Å². The Bertz CT molecular complexity index is 1150. The molecule has 0 aliphatic carbocycles. The lowest BCUT2D eigenvalue weighted by Gasteiger charge is -2.10. The second kappa shape index (κ2) is 6.91. The molecule has 3 N–H and O–H groups in total. The molecular weight excluding hydrogens is 397 g/mol. The number of rotatable bonds is 4. The molecule has 28 heavy (non-hydrogen) atoms. The third-order valence-electron chi connectivity index (χ3n) is 4.01. The fraction of sp³-hybridized carbons (Fsp3) is 0.176. The zero-order valence-electron chi connectivity index (χ0n) is 14.5. The van der Waals surface area contributed by atoms with Crippen LogP contribution in [-0.4, -0.2) is 23.7 Å². The number of halogens is 3. The molecule has 0 saturated carbocycles. The SMILES string of the molecule is CCc1nc2ccc(C(F)(F)F)cn2c1C(=O)Nc1ccc(S(N)(=O)=O)cc1. The van der Waals surface area contributed by atoms with E-state index in [0.717, 1.165) is 16.7 Å². The first-order valence-electron chi connectivity index (χ1n) is 8.03. The number of nitrogens with one attached hydrogen (secondary N) is 1. The third-order valence-corrected chi connectivity index (χ3v) is 4.94. The minimum atomic E-state index is -4.57. The lowest BCUT2D eigenvalue weighted by molar-refractivity contribution is -0.137. The molecule has 0 aliphatic heterocycles. The maximum Gasteiger partial charge on any atom is 0.417 e. The van der Waals surface area contributed by atoms with E-state index in [9.17, 15) is 26.4 Å². The van der Waals surface area contributed by atoms with E-state index < -0.39 is 27.7 Å². The number of hydrogen-bond acceptors (Lipinski definition) is 4. The largest absolute Gasteiger partial charge is 0.417 e. The van der Waals surface area contributed by atoms with Gasteiger partial charge in [-0.2, -0.15) is 13.2 Å². The molecule has 148 valence electrons. The summed E-state index contributed by atoms with van der Waals surface area (Å²) in [5.41, 5.74) is -0.148. The first-order valence-corrected chi connectivity index (χ1v) is 9.57. The number of pyridine rings is 1. The Balaban J connectivity index is 2.00. The number of imidazole rings is 1. The summed E-state index contributed by atoms with van der Waals surface area (Å²) < 4.78 is 62.7. The molecule has 1 amide bonds. The fourth-order valence-corrected chi connectivity index (χ4v) is 3.18. The molecule has 1 aromatic carbocycles. The van der Waals surface area contributed by atoms with Crippen LogP contribution in [0.1, 0.15) is 28.7 Å². The van der Waals surface area contributed by atoms with Crippen molar-refractivity contribution in [2.75, 3.05) is 5.32 Å². The highest BCUT2D eigenvalue weighted by atomic mass is 32.2. The molecule has 0 radical (unpaired) electrons. The van der Waals surface area contributed by atoms with E-state index in [2.05, 4.69) is 10.3 Å². The number of amides is 1. The Hall–Kier alpha value is -2.92. The van der Waals surface area contributed by atoms with Gasteiger partial charge in [-0.1, -0.05) is 6.92 Å². The summed E-state index contributed by atoms with van der Waals surface area (Å²) in [7, 11) is -3.88. The van der Waals surface area contributed by atoms with Crippen LogP contribution in [0.3, 0.4) is 0 Å². The summed E-state index contributed by atoms with van der Waals surface area (Å²) >= 11 is 0. The van der Waals surface area contributed by atoms with Gasteiger partial charge in [0.15, 0.2) is 0 Å². The molecule has 7 nitrogen and oxygen atoms in total. The number of carbonyl (C=O) groups excluding carboxylic acids is 1. The van der Waals surface area contributed by atoms with E-state index in [1.54, 1.807) is 6.92 Å². The van der Waals surface area contributed by atoms with Crippen molar-refractivity contribution in [2.45, 2.75) is 24.4 Å². The average Bonchev–Trinajstić information content (AvgIpc) is 2.98. The molecule has 3 aromatic rings. The number of aromatic nitrogens is 2. The summed E-state index contributed by atoms with van der Waals surface area (Å²) in [4.78, 5) is 16.8. The highest BCUT2D eigenvalue weighted by Gasteiger charge is 2.31. The van der Waals surface area contributed by atoms with Crippen molar-refractivity contribution in [1.29, 1.82) is 0 Å². The monoisotopic (exact) mass is 412 g/mol. The summed E-state index contributed by atoms with van der Waals surface area (Å²) in [6, 6.07) is 7.17. The van der Waals surface area contributed by atoms with Crippen molar-refractivity contribution < 1.29 is 26.4 Å². The first kappa shape index (κ1) is 19.8. The highest BCUT2D eigenvalue weighted by Crippen LogP contribution is 2.30. The average molecular weight is 412 g/mol. The number of hydrogen-bond donors (Lipinski definition) is 2. The molecule has 0 spiro atoms. The maximum absolute atomic E-state index is 13.0. The number of nitrogens with zero attached hydrogens (tertiary/aromatic N) is 2. The zero-order chi connectivity index (χ0) is 20.7. The lowest BCUT2D eigenvalue weighted by Crippen LogP contribution is -2.17. The van der Waals surface area contributed by atoms with Gasteiger partial charge in [0.25, 0.3) is 5.91 Å². The van der Waals surface area contributed by atoms with E-state index >= 15 is 0 Å². The summed E-state index contributed by atoms with van der Waals surface area (Å²) in [5, 5.41) is 7.55. The molecule has 2 aromatic heterocycles. The molecule has 2 heterocycles. The van der Waals surface area contributed by atoms with E-state index in [1.165, 1.54) is 30.3 Å². The summed E-state index contributed by atoms with van der Waals surface area (Å²) in [5.74, 6) is -0.674. The Labute approximate surface area is 158 Å². The highest BCUT2D eigenvalue weighted by molar-refractivity contribution is 7.89. The molecule has 0 atom stereocenters. The molecule has 0 aliphatic rings. The Morgan fingerprint density at radius 2 is 1.82 bits per heavy atom. The smallest absolute Gasteiger partial charge is 0.321 e. The van der Waals surface area contributed by atoms with Gasteiger partial charge in [0.2, 0.25) is 10.0 Å². The predicted molar refractivity (Wildman–Crippen MR) is 95.3 cm³/mol. The van der Waals surface area contributed by atoms with Gasteiger partial charge in [-0.05, 0) is 42.8 Å². The van der Waals surface area contributed by atoms with Gasteiger partial charge >= 0.3 is 6.18 Å². The van der Waals surface area contributed by atoms with Crippen molar-refractivity contribution in [3.8, 4) is 0 Å². The van der Waals surface area contributed by atoms with Gasteiger partial charge in [-0.3, -0.25) is 9.20 Å². The number of sulfonamides is 1. The second-order valence-corrected chi connectivity index (χ2v) is 7.49. The van der Waals surface area contributed by atoms with Crippen molar-refractivity contribution in [1.82, 2.24) is 9.38 Å². The molecular formula is C17H15F3N4O3S. The van der Waals surface area contributed by atoms with Crippen LogP contribution in [0.25, 0.3) is 5.65 Å². The molecule has 0 unspecified atom stereocenters. The number of fused-ring (bicyclic) bond motifs is 1. The topological polar surface area (TPSA) is 107 Å². The van der Waals surface area contributed by atoms with Crippen LogP contribution < -0.4 is 10.5 Å². The number of carbonyl (C=O) groups is 1.